The van der Waals surface area contributed by atoms with Crippen LogP contribution in [0.3, 0.4) is 0 Å². The molecule has 1 aliphatic carbocycles. The minimum absolute atomic E-state index is 0.0175. The minimum Gasteiger partial charge on any atom is -0.393 e. The Kier molecular flexibility index (Phi) is 6.75. The smallest absolute Gasteiger partial charge is 0.317 e. The van der Waals surface area contributed by atoms with Crippen LogP contribution in [0.1, 0.15) is 50.6 Å². The molecule has 2 amide bonds. The number of aliphatic hydroxyl groups is 1. The zero-order valence-electron chi connectivity index (χ0n) is 14.9. The normalized spacial score (nSPS) is 21.4. The first-order valence-corrected chi connectivity index (χ1v) is 8.86. The Morgan fingerprint density at radius 3 is 2.80 bits per heavy atom. The second kappa shape index (κ2) is 8.80. The first-order chi connectivity index (χ1) is 11.9. The third-order valence-electron chi connectivity index (χ3n) is 4.91. The molecule has 0 heterocycles. The minimum atomic E-state index is -0.436. The van der Waals surface area contributed by atoms with E-state index in [-0.39, 0.29) is 29.8 Å². The molecule has 0 spiro atoms. The SMILES string of the molecule is CC[C@H](NC(=O)N(C)C[C@H]1CCCC[C@@H]1O)c1cccc([N+](=O)[O-])c1. The van der Waals surface area contributed by atoms with Gasteiger partial charge < -0.3 is 15.3 Å². The van der Waals surface area contributed by atoms with E-state index in [1.165, 1.54) is 12.1 Å². The van der Waals surface area contributed by atoms with Gasteiger partial charge in [-0.05, 0) is 24.8 Å². The molecule has 0 aliphatic heterocycles. The van der Waals surface area contributed by atoms with Crippen molar-refractivity contribution in [2.75, 3.05) is 13.6 Å². The van der Waals surface area contributed by atoms with Crippen molar-refractivity contribution >= 4 is 11.7 Å². The Bertz CT molecular complexity index is 608. The van der Waals surface area contributed by atoms with Crippen molar-refractivity contribution in [2.45, 2.75) is 51.2 Å². The van der Waals surface area contributed by atoms with Gasteiger partial charge in [-0.2, -0.15) is 0 Å². The van der Waals surface area contributed by atoms with E-state index in [9.17, 15) is 20.0 Å². The Morgan fingerprint density at radius 1 is 1.44 bits per heavy atom. The lowest BCUT2D eigenvalue weighted by Crippen LogP contribution is -2.44. The first-order valence-electron chi connectivity index (χ1n) is 8.86. The summed E-state index contributed by atoms with van der Waals surface area (Å²) in [7, 11) is 1.72. The average Bonchev–Trinajstić information content (AvgIpc) is 2.61. The Morgan fingerprint density at radius 2 is 2.16 bits per heavy atom. The number of benzene rings is 1. The molecule has 1 aromatic rings. The van der Waals surface area contributed by atoms with Crippen LogP contribution in [0.2, 0.25) is 0 Å². The summed E-state index contributed by atoms with van der Waals surface area (Å²) in [5.41, 5.74) is 0.736. The molecule has 138 valence electrons. The van der Waals surface area contributed by atoms with Crippen LogP contribution in [0.25, 0.3) is 0 Å². The lowest BCUT2D eigenvalue weighted by molar-refractivity contribution is -0.384. The highest BCUT2D eigenvalue weighted by Gasteiger charge is 2.26. The lowest BCUT2D eigenvalue weighted by Gasteiger charge is -2.32. The lowest BCUT2D eigenvalue weighted by atomic mass is 9.86. The van der Waals surface area contributed by atoms with Gasteiger partial charge in [-0.1, -0.05) is 31.9 Å². The molecular weight excluding hydrogens is 322 g/mol. The van der Waals surface area contributed by atoms with Crippen LogP contribution in [0.5, 0.6) is 0 Å². The molecule has 1 fully saturated rings. The molecule has 7 heteroatoms. The van der Waals surface area contributed by atoms with Crippen molar-refractivity contribution in [3.8, 4) is 0 Å². The fraction of sp³-hybridized carbons (Fsp3) is 0.611. The van der Waals surface area contributed by atoms with Crippen LogP contribution in [-0.2, 0) is 0 Å². The summed E-state index contributed by atoms with van der Waals surface area (Å²) in [6.07, 6.45) is 4.14. The van der Waals surface area contributed by atoms with Crippen molar-refractivity contribution in [1.82, 2.24) is 10.2 Å². The molecule has 1 saturated carbocycles. The topological polar surface area (TPSA) is 95.7 Å². The molecule has 0 saturated heterocycles. The van der Waals surface area contributed by atoms with Crippen molar-refractivity contribution in [1.29, 1.82) is 0 Å². The zero-order chi connectivity index (χ0) is 18.4. The molecule has 25 heavy (non-hydrogen) atoms. The predicted octanol–water partition coefficient (Wildman–Crippen LogP) is 3.24. The summed E-state index contributed by atoms with van der Waals surface area (Å²) in [4.78, 5) is 24.6. The number of carbonyl (C=O) groups is 1. The van der Waals surface area contributed by atoms with Crippen LogP contribution in [0.15, 0.2) is 24.3 Å². The number of nitro groups is 1. The van der Waals surface area contributed by atoms with Gasteiger partial charge in [-0.15, -0.1) is 0 Å². The van der Waals surface area contributed by atoms with Gasteiger partial charge in [-0.25, -0.2) is 4.79 Å². The molecule has 2 N–H and O–H groups in total. The summed E-state index contributed by atoms with van der Waals surface area (Å²) < 4.78 is 0. The zero-order valence-corrected chi connectivity index (χ0v) is 14.9. The van der Waals surface area contributed by atoms with Crippen LogP contribution < -0.4 is 5.32 Å². The second-order valence-electron chi connectivity index (χ2n) is 6.75. The molecule has 0 radical (unpaired) electrons. The van der Waals surface area contributed by atoms with Crippen LogP contribution in [-0.4, -0.2) is 40.7 Å². The Hall–Kier alpha value is -2.15. The van der Waals surface area contributed by atoms with Gasteiger partial charge in [0.15, 0.2) is 0 Å². The van der Waals surface area contributed by atoms with E-state index in [1.54, 1.807) is 24.1 Å². The van der Waals surface area contributed by atoms with E-state index in [1.807, 2.05) is 6.92 Å². The monoisotopic (exact) mass is 349 g/mol. The van der Waals surface area contributed by atoms with Gasteiger partial charge in [0.2, 0.25) is 0 Å². The molecule has 0 bridgehead atoms. The highest BCUT2D eigenvalue weighted by atomic mass is 16.6. The predicted molar refractivity (Wildman–Crippen MR) is 95.3 cm³/mol. The van der Waals surface area contributed by atoms with Crippen molar-refractivity contribution in [3.05, 3.63) is 39.9 Å². The van der Waals surface area contributed by atoms with Gasteiger partial charge in [0, 0.05) is 31.6 Å². The van der Waals surface area contributed by atoms with E-state index in [2.05, 4.69) is 5.32 Å². The molecule has 1 aromatic carbocycles. The van der Waals surface area contributed by atoms with Gasteiger partial charge in [0.25, 0.3) is 5.69 Å². The van der Waals surface area contributed by atoms with E-state index in [0.29, 0.717) is 13.0 Å². The van der Waals surface area contributed by atoms with E-state index in [4.69, 9.17) is 0 Å². The van der Waals surface area contributed by atoms with Crippen LogP contribution >= 0.6 is 0 Å². The number of nitrogens with zero attached hydrogens (tertiary/aromatic N) is 2. The summed E-state index contributed by atoms with van der Waals surface area (Å²) in [6.45, 7) is 2.44. The third kappa shape index (κ3) is 5.16. The van der Waals surface area contributed by atoms with Gasteiger partial charge in [-0.3, -0.25) is 10.1 Å². The van der Waals surface area contributed by atoms with Gasteiger partial charge in [0.1, 0.15) is 0 Å². The van der Waals surface area contributed by atoms with Crippen molar-refractivity contribution < 1.29 is 14.8 Å². The standard InChI is InChI=1S/C18H27N3O4/c1-3-16(13-8-6-9-15(11-13)21(24)25)19-18(23)20(2)12-14-7-4-5-10-17(14)22/h6,8-9,11,14,16-17,22H,3-5,7,10,12H2,1-2H3,(H,19,23)/t14-,16+,17+/m1/s1. The maximum Gasteiger partial charge on any atom is 0.317 e. The number of amides is 2. The Labute approximate surface area is 148 Å². The molecule has 7 nitrogen and oxygen atoms in total. The quantitative estimate of drug-likeness (QED) is 0.609. The van der Waals surface area contributed by atoms with Crippen molar-refractivity contribution in [3.63, 3.8) is 0 Å². The molecule has 1 aliphatic rings. The Balaban J connectivity index is 1.99. The fourth-order valence-electron chi connectivity index (χ4n) is 3.37. The number of urea groups is 1. The summed E-state index contributed by atoms with van der Waals surface area (Å²) in [6, 6.07) is 5.84. The van der Waals surface area contributed by atoms with E-state index >= 15 is 0 Å². The molecular formula is C18H27N3O4. The number of non-ortho nitro benzene ring substituents is 1. The highest BCUT2D eigenvalue weighted by molar-refractivity contribution is 5.74. The molecule has 3 atom stereocenters. The van der Waals surface area contributed by atoms with Crippen molar-refractivity contribution in [2.24, 2.45) is 5.92 Å². The molecule has 0 unspecified atom stereocenters. The number of hydrogen-bond donors (Lipinski definition) is 2. The number of rotatable bonds is 6. The number of aliphatic hydroxyl groups excluding tert-OH is 1. The van der Waals surface area contributed by atoms with Gasteiger partial charge in [0.05, 0.1) is 17.1 Å². The number of carbonyl (C=O) groups excluding carboxylic acids is 1. The fourth-order valence-corrected chi connectivity index (χ4v) is 3.37. The molecule has 0 aromatic heterocycles. The van der Waals surface area contributed by atoms with Gasteiger partial charge >= 0.3 is 6.03 Å². The first kappa shape index (κ1) is 19.2. The number of nitrogens with one attached hydrogen (secondary N) is 1. The van der Waals surface area contributed by atoms with Crippen LogP contribution in [0.4, 0.5) is 10.5 Å². The maximum atomic E-state index is 12.5. The van der Waals surface area contributed by atoms with E-state index < -0.39 is 4.92 Å². The van der Waals surface area contributed by atoms with E-state index in [0.717, 1.165) is 31.2 Å². The average molecular weight is 349 g/mol. The van der Waals surface area contributed by atoms with Crippen LogP contribution in [0, 0.1) is 16.0 Å². The summed E-state index contributed by atoms with van der Waals surface area (Å²) in [5, 5.41) is 23.9. The molecule has 2 rings (SSSR count). The largest absolute Gasteiger partial charge is 0.393 e. The summed E-state index contributed by atoms with van der Waals surface area (Å²) in [5.74, 6) is 0.113. The summed E-state index contributed by atoms with van der Waals surface area (Å²) >= 11 is 0. The number of hydrogen-bond acceptors (Lipinski definition) is 4. The highest BCUT2D eigenvalue weighted by Crippen LogP contribution is 2.25. The second-order valence-corrected chi connectivity index (χ2v) is 6.75. The maximum absolute atomic E-state index is 12.5. The third-order valence-corrected chi connectivity index (χ3v) is 4.91. The number of nitro benzene ring substituents is 1.